The van der Waals surface area contributed by atoms with Gasteiger partial charge in [0.2, 0.25) is 0 Å². The highest BCUT2D eigenvalue weighted by atomic mass is 16.2. The van der Waals surface area contributed by atoms with Crippen LogP contribution in [0.15, 0.2) is 0 Å². The largest absolute Gasteiger partial charge is 0.347 e. The van der Waals surface area contributed by atoms with Gasteiger partial charge in [-0.15, -0.1) is 0 Å². The summed E-state index contributed by atoms with van der Waals surface area (Å²) in [6.07, 6.45) is 2.09. The molecule has 0 spiro atoms. The predicted molar refractivity (Wildman–Crippen MR) is 38.2 cm³/mol. The van der Waals surface area contributed by atoms with Crippen molar-refractivity contribution in [2.24, 2.45) is 0 Å². The van der Waals surface area contributed by atoms with E-state index in [1.807, 2.05) is 11.8 Å². The zero-order chi connectivity index (χ0) is 7.56. The van der Waals surface area contributed by atoms with Gasteiger partial charge in [0.15, 0.2) is 6.04 Å². The van der Waals surface area contributed by atoms with Crippen LogP contribution < -0.4 is 5.73 Å². The molecular weight excluding hydrogens is 128 g/mol. The Balaban J connectivity index is 2.51. The molecule has 1 heterocycles. The molecule has 0 radical (unpaired) electrons. The first-order valence-corrected chi connectivity index (χ1v) is 3.87. The first-order chi connectivity index (χ1) is 4.75. The summed E-state index contributed by atoms with van der Waals surface area (Å²) in [7, 11) is 0. The Bertz CT molecular complexity index is 136. The molecule has 0 saturated carbocycles. The summed E-state index contributed by atoms with van der Waals surface area (Å²) in [6, 6.07) is 0.0219. The minimum absolute atomic E-state index is 0.0219. The molecule has 1 saturated heterocycles. The van der Waals surface area contributed by atoms with Crippen molar-refractivity contribution in [1.82, 2.24) is 4.90 Å². The van der Waals surface area contributed by atoms with E-state index in [0.29, 0.717) is 0 Å². The summed E-state index contributed by atoms with van der Waals surface area (Å²) in [5, 5.41) is 0. The van der Waals surface area contributed by atoms with Gasteiger partial charge in [-0.05, 0) is 13.3 Å². The van der Waals surface area contributed by atoms with E-state index in [4.69, 9.17) is 0 Å². The van der Waals surface area contributed by atoms with Crippen molar-refractivity contribution in [2.75, 3.05) is 13.1 Å². The molecule has 0 aliphatic carbocycles. The molecule has 3 N–H and O–H groups in total. The van der Waals surface area contributed by atoms with Gasteiger partial charge < -0.3 is 10.6 Å². The third-order valence-corrected chi connectivity index (χ3v) is 2.02. The topological polar surface area (TPSA) is 48.0 Å². The lowest BCUT2D eigenvalue weighted by molar-refractivity contribution is -0.409. The molecule has 1 atom stereocenters. The highest BCUT2D eigenvalue weighted by molar-refractivity contribution is 5.80. The number of rotatable bonds is 1. The molecule has 3 nitrogen and oxygen atoms in total. The third-order valence-electron chi connectivity index (χ3n) is 2.02. The normalized spacial score (nSPS) is 27.2. The minimum Gasteiger partial charge on any atom is -0.347 e. The first kappa shape index (κ1) is 7.54. The number of hydrogen-bond donors (Lipinski definition) is 1. The van der Waals surface area contributed by atoms with E-state index in [-0.39, 0.29) is 11.9 Å². The predicted octanol–water partition coefficient (Wildman–Crippen LogP) is -0.761. The summed E-state index contributed by atoms with van der Waals surface area (Å²) in [5.74, 6) is 0.230. The Morgan fingerprint density at radius 3 is 3.00 bits per heavy atom. The van der Waals surface area contributed by atoms with Crippen LogP contribution in [0.25, 0.3) is 0 Å². The van der Waals surface area contributed by atoms with Crippen molar-refractivity contribution in [3.63, 3.8) is 0 Å². The van der Waals surface area contributed by atoms with E-state index < -0.39 is 0 Å². The quantitative estimate of drug-likeness (QED) is 0.515. The molecule has 3 heteroatoms. The first-order valence-electron chi connectivity index (χ1n) is 3.87. The third kappa shape index (κ3) is 1.29. The summed E-state index contributed by atoms with van der Waals surface area (Å²) < 4.78 is 0. The van der Waals surface area contributed by atoms with Crippen molar-refractivity contribution < 1.29 is 10.5 Å². The molecule has 1 rings (SSSR count). The van der Waals surface area contributed by atoms with Gasteiger partial charge in [-0.1, -0.05) is 0 Å². The highest BCUT2D eigenvalue weighted by Crippen LogP contribution is 2.07. The monoisotopic (exact) mass is 143 g/mol. The molecular formula is C7H15N2O+. The molecule has 58 valence electrons. The summed E-state index contributed by atoms with van der Waals surface area (Å²) in [5.41, 5.74) is 3.79. The molecule has 1 aliphatic heterocycles. The van der Waals surface area contributed by atoms with E-state index in [0.717, 1.165) is 25.9 Å². The fraction of sp³-hybridized carbons (Fsp3) is 0.857. The van der Waals surface area contributed by atoms with Gasteiger partial charge in [0.05, 0.1) is 0 Å². The van der Waals surface area contributed by atoms with Gasteiger partial charge in [-0.25, -0.2) is 0 Å². The lowest BCUT2D eigenvalue weighted by Gasteiger charge is -2.27. The van der Waals surface area contributed by atoms with Crippen molar-refractivity contribution in [1.29, 1.82) is 0 Å². The maximum atomic E-state index is 11.2. The standard InChI is InChI=1S/C7H14N2O/c1-2-9-5-3-4-6(8)7(9)10/h6H,2-5,8H2,1H3/p+1/t6-/m0/s1. The van der Waals surface area contributed by atoms with Crippen molar-refractivity contribution in [2.45, 2.75) is 25.8 Å². The lowest BCUT2D eigenvalue weighted by atomic mass is 10.1. The summed E-state index contributed by atoms with van der Waals surface area (Å²) >= 11 is 0. The zero-order valence-corrected chi connectivity index (χ0v) is 6.47. The van der Waals surface area contributed by atoms with Crippen LogP contribution in [0.3, 0.4) is 0 Å². The summed E-state index contributed by atoms with van der Waals surface area (Å²) in [4.78, 5) is 13.1. The Morgan fingerprint density at radius 1 is 1.80 bits per heavy atom. The number of likely N-dealkylation sites (N-methyl/N-ethyl adjacent to an activating group) is 1. The van der Waals surface area contributed by atoms with E-state index in [1.165, 1.54) is 0 Å². The smallest absolute Gasteiger partial charge is 0.280 e. The van der Waals surface area contributed by atoms with Crippen LogP contribution in [0.4, 0.5) is 0 Å². The van der Waals surface area contributed by atoms with Crippen LogP contribution in [0.1, 0.15) is 19.8 Å². The van der Waals surface area contributed by atoms with Crippen LogP contribution in [-0.2, 0) is 4.79 Å². The van der Waals surface area contributed by atoms with E-state index in [2.05, 4.69) is 5.73 Å². The fourth-order valence-electron chi connectivity index (χ4n) is 1.33. The molecule has 1 amide bonds. The van der Waals surface area contributed by atoms with Gasteiger partial charge in [0.1, 0.15) is 0 Å². The number of hydrogen-bond acceptors (Lipinski definition) is 1. The van der Waals surface area contributed by atoms with Gasteiger partial charge in [0, 0.05) is 19.5 Å². The van der Waals surface area contributed by atoms with E-state index >= 15 is 0 Å². The van der Waals surface area contributed by atoms with Crippen LogP contribution in [-0.4, -0.2) is 29.9 Å². The lowest BCUT2D eigenvalue weighted by Crippen LogP contribution is -2.69. The van der Waals surface area contributed by atoms with Crippen molar-refractivity contribution in [3.05, 3.63) is 0 Å². The number of likely N-dealkylation sites (tertiary alicyclic amines) is 1. The number of amides is 1. The van der Waals surface area contributed by atoms with E-state index in [9.17, 15) is 4.79 Å². The Morgan fingerprint density at radius 2 is 2.50 bits per heavy atom. The molecule has 1 aliphatic rings. The van der Waals surface area contributed by atoms with Gasteiger partial charge in [0.25, 0.3) is 5.91 Å². The van der Waals surface area contributed by atoms with Gasteiger partial charge in [-0.2, -0.15) is 0 Å². The second-order valence-corrected chi connectivity index (χ2v) is 2.76. The molecule has 0 aromatic heterocycles. The minimum atomic E-state index is 0.0219. The Labute approximate surface area is 61.2 Å². The van der Waals surface area contributed by atoms with Gasteiger partial charge >= 0.3 is 0 Å². The van der Waals surface area contributed by atoms with Crippen molar-refractivity contribution >= 4 is 5.91 Å². The Hall–Kier alpha value is -0.570. The van der Waals surface area contributed by atoms with Crippen LogP contribution >= 0.6 is 0 Å². The number of quaternary nitrogens is 1. The zero-order valence-electron chi connectivity index (χ0n) is 6.47. The molecule has 0 aromatic carbocycles. The highest BCUT2D eigenvalue weighted by Gasteiger charge is 2.26. The number of piperidine rings is 1. The average molecular weight is 143 g/mol. The molecule has 10 heavy (non-hydrogen) atoms. The molecule has 0 bridgehead atoms. The van der Waals surface area contributed by atoms with Gasteiger partial charge in [-0.3, -0.25) is 4.79 Å². The van der Waals surface area contributed by atoms with Crippen LogP contribution in [0.5, 0.6) is 0 Å². The molecule has 0 unspecified atom stereocenters. The summed E-state index contributed by atoms with van der Waals surface area (Å²) in [6.45, 7) is 3.78. The molecule has 0 aromatic rings. The fourth-order valence-corrected chi connectivity index (χ4v) is 1.33. The number of nitrogens with zero attached hydrogens (tertiary/aromatic N) is 1. The maximum Gasteiger partial charge on any atom is 0.280 e. The second kappa shape index (κ2) is 3.01. The SMILES string of the molecule is CCN1CCC[C@H]([NH3+])C1=O. The average Bonchev–Trinajstić information content (AvgIpc) is 1.95. The maximum absolute atomic E-state index is 11.2. The Kier molecular flexibility index (Phi) is 2.27. The van der Waals surface area contributed by atoms with Crippen molar-refractivity contribution in [3.8, 4) is 0 Å². The van der Waals surface area contributed by atoms with Crippen LogP contribution in [0.2, 0.25) is 0 Å². The number of carbonyl (C=O) groups excluding carboxylic acids is 1. The second-order valence-electron chi connectivity index (χ2n) is 2.76. The number of carbonyl (C=O) groups is 1. The molecule has 1 fully saturated rings. The van der Waals surface area contributed by atoms with Crippen LogP contribution in [0, 0.1) is 0 Å². The van der Waals surface area contributed by atoms with E-state index in [1.54, 1.807) is 0 Å².